The summed E-state index contributed by atoms with van der Waals surface area (Å²) >= 11 is 12.1. The predicted octanol–water partition coefficient (Wildman–Crippen LogP) is 3.62. The lowest BCUT2D eigenvalue weighted by molar-refractivity contribution is -0.126. The molecular weight excluding hydrogens is 351 g/mol. The fraction of sp³-hybridized carbons (Fsp3) is 0.176. The van der Waals surface area contributed by atoms with Gasteiger partial charge in [-0.05, 0) is 35.9 Å². The molecule has 2 rings (SSSR count). The van der Waals surface area contributed by atoms with E-state index in [1.54, 1.807) is 17.1 Å². The number of hydrogen-bond donors (Lipinski definition) is 2. The number of allylic oxidation sites excluding steroid dienone is 3. The van der Waals surface area contributed by atoms with Crippen molar-refractivity contribution in [3.8, 4) is 11.5 Å². The highest BCUT2D eigenvalue weighted by Crippen LogP contribution is 2.46. The van der Waals surface area contributed by atoms with Crippen LogP contribution in [0.5, 0.6) is 11.5 Å². The van der Waals surface area contributed by atoms with Gasteiger partial charge in [0.1, 0.15) is 0 Å². The van der Waals surface area contributed by atoms with Crippen LogP contribution in [0.2, 0.25) is 10.0 Å². The lowest BCUT2D eigenvalue weighted by Gasteiger charge is -2.30. The number of nitrogens with zero attached hydrogens (tertiary/aromatic N) is 2. The number of hydrogen-bond acceptors (Lipinski definition) is 4. The summed E-state index contributed by atoms with van der Waals surface area (Å²) in [6.45, 7) is 7.58. The van der Waals surface area contributed by atoms with Crippen LogP contribution >= 0.6 is 23.2 Å². The largest absolute Gasteiger partial charge is 0.503 e. The standard InChI is InChI=1S/C17H16Cl2N2O3/c1-3-10(8-20-2)4-5-13(22)21-7-6-11-12(9-21)15(19)17(24)16(23)14(11)18/h3-5,8,23-24H,1-2,6-7,9H2/b5-4+,10-8+. The van der Waals surface area contributed by atoms with E-state index in [2.05, 4.69) is 18.3 Å². The van der Waals surface area contributed by atoms with Crippen molar-refractivity contribution in [1.82, 2.24) is 4.90 Å². The Kier molecular flexibility index (Phi) is 5.70. The van der Waals surface area contributed by atoms with Gasteiger partial charge < -0.3 is 15.1 Å². The summed E-state index contributed by atoms with van der Waals surface area (Å²) in [5.74, 6) is -1.13. The zero-order valence-electron chi connectivity index (χ0n) is 12.8. The Labute approximate surface area is 149 Å². The summed E-state index contributed by atoms with van der Waals surface area (Å²) < 4.78 is 0. The van der Waals surface area contributed by atoms with Crippen LogP contribution in [-0.2, 0) is 17.8 Å². The van der Waals surface area contributed by atoms with Gasteiger partial charge in [0.25, 0.3) is 0 Å². The van der Waals surface area contributed by atoms with Gasteiger partial charge in [0, 0.05) is 25.4 Å². The van der Waals surface area contributed by atoms with Crippen LogP contribution in [0.1, 0.15) is 11.1 Å². The highest BCUT2D eigenvalue weighted by atomic mass is 35.5. The number of aliphatic imine (C=N–C) groups is 1. The normalized spacial score (nSPS) is 14.6. The molecule has 0 radical (unpaired) electrons. The second-order valence-electron chi connectivity index (χ2n) is 5.14. The Balaban J connectivity index is 2.26. The number of phenols is 2. The van der Waals surface area contributed by atoms with Crippen LogP contribution in [0, 0.1) is 0 Å². The summed E-state index contributed by atoms with van der Waals surface area (Å²) in [5, 5.41) is 19.7. The number of halogens is 2. The molecule has 24 heavy (non-hydrogen) atoms. The van der Waals surface area contributed by atoms with Crippen molar-refractivity contribution in [1.29, 1.82) is 0 Å². The molecule has 0 atom stereocenters. The van der Waals surface area contributed by atoms with E-state index in [4.69, 9.17) is 23.2 Å². The molecule has 1 aliphatic heterocycles. The molecule has 126 valence electrons. The molecule has 0 spiro atoms. The van der Waals surface area contributed by atoms with Crippen LogP contribution in [0.3, 0.4) is 0 Å². The maximum absolute atomic E-state index is 12.3. The molecule has 5 nitrogen and oxygen atoms in total. The number of benzene rings is 1. The van der Waals surface area contributed by atoms with Crippen molar-refractivity contribution in [2.24, 2.45) is 4.99 Å². The molecule has 0 saturated heterocycles. The quantitative estimate of drug-likeness (QED) is 0.370. The first-order chi connectivity index (χ1) is 11.4. The molecule has 7 heteroatoms. The lowest BCUT2D eigenvalue weighted by Crippen LogP contribution is -2.35. The van der Waals surface area contributed by atoms with E-state index in [0.717, 1.165) is 0 Å². The van der Waals surface area contributed by atoms with Crippen molar-refractivity contribution in [2.75, 3.05) is 6.54 Å². The highest BCUT2D eigenvalue weighted by molar-refractivity contribution is 6.36. The second-order valence-corrected chi connectivity index (χ2v) is 5.90. The molecule has 1 aliphatic rings. The molecule has 0 fully saturated rings. The van der Waals surface area contributed by atoms with E-state index < -0.39 is 11.5 Å². The molecule has 0 unspecified atom stereocenters. The number of aromatic hydroxyl groups is 2. The van der Waals surface area contributed by atoms with Gasteiger partial charge in [-0.3, -0.25) is 9.79 Å². The summed E-state index contributed by atoms with van der Waals surface area (Å²) in [6, 6.07) is 0. The molecule has 1 amide bonds. The van der Waals surface area contributed by atoms with Crippen molar-refractivity contribution in [3.05, 3.63) is 57.8 Å². The van der Waals surface area contributed by atoms with Crippen LogP contribution in [0.15, 0.2) is 41.6 Å². The van der Waals surface area contributed by atoms with Gasteiger partial charge in [0.15, 0.2) is 11.5 Å². The van der Waals surface area contributed by atoms with E-state index in [1.807, 2.05) is 0 Å². The van der Waals surface area contributed by atoms with E-state index in [0.29, 0.717) is 29.7 Å². The van der Waals surface area contributed by atoms with Gasteiger partial charge in [-0.2, -0.15) is 0 Å². The van der Waals surface area contributed by atoms with E-state index in [1.165, 1.54) is 12.3 Å². The van der Waals surface area contributed by atoms with Crippen LogP contribution < -0.4 is 0 Å². The van der Waals surface area contributed by atoms with Crippen LogP contribution in [0.4, 0.5) is 0 Å². The minimum absolute atomic E-state index is 0.0101. The van der Waals surface area contributed by atoms with E-state index >= 15 is 0 Å². The number of rotatable bonds is 4. The average Bonchev–Trinajstić information content (AvgIpc) is 2.60. The Morgan fingerprint density at radius 3 is 2.38 bits per heavy atom. The van der Waals surface area contributed by atoms with Gasteiger partial charge in [0.2, 0.25) is 5.91 Å². The van der Waals surface area contributed by atoms with Gasteiger partial charge >= 0.3 is 0 Å². The van der Waals surface area contributed by atoms with E-state index in [-0.39, 0.29) is 22.5 Å². The molecule has 1 aromatic rings. The van der Waals surface area contributed by atoms with Crippen molar-refractivity contribution < 1.29 is 15.0 Å². The molecule has 2 N–H and O–H groups in total. The first kappa shape index (κ1) is 18.1. The monoisotopic (exact) mass is 366 g/mol. The number of amides is 1. The Hall–Kier alpha value is -2.24. The highest BCUT2D eigenvalue weighted by Gasteiger charge is 2.27. The van der Waals surface area contributed by atoms with Gasteiger partial charge in [-0.15, -0.1) is 0 Å². The summed E-state index contributed by atoms with van der Waals surface area (Å²) in [4.78, 5) is 17.5. The average molecular weight is 367 g/mol. The number of carbonyl (C=O) groups excluding carboxylic acids is 1. The van der Waals surface area contributed by atoms with Crippen molar-refractivity contribution in [2.45, 2.75) is 13.0 Å². The summed E-state index contributed by atoms with van der Waals surface area (Å²) in [6.07, 6.45) is 6.46. The SMILES string of the molecule is C=CC(/C=C/C(=O)N1CCc2c(Cl)c(O)c(O)c(Cl)c2C1)=C\N=C. The van der Waals surface area contributed by atoms with E-state index in [9.17, 15) is 15.0 Å². The fourth-order valence-corrected chi connectivity index (χ4v) is 2.99. The maximum Gasteiger partial charge on any atom is 0.246 e. The number of phenolic OH excluding ortho intramolecular Hbond substituents is 2. The zero-order valence-corrected chi connectivity index (χ0v) is 14.3. The minimum Gasteiger partial charge on any atom is -0.503 e. The number of fused-ring (bicyclic) bond motifs is 1. The molecule has 0 saturated carbocycles. The molecule has 0 aliphatic carbocycles. The molecular formula is C17H16Cl2N2O3. The van der Waals surface area contributed by atoms with Crippen LogP contribution in [-0.4, -0.2) is 34.3 Å². The van der Waals surface area contributed by atoms with Gasteiger partial charge in [0.05, 0.1) is 10.0 Å². The third-order valence-corrected chi connectivity index (χ3v) is 4.54. The number of carbonyl (C=O) groups is 1. The third kappa shape index (κ3) is 3.47. The third-order valence-electron chi connectivity index (χ3n) is 3.72. The lowest BCUT2D eigenvalue weighted by atomic mass is 9.98. The summed E-state index contributed by atoms with van der Waals surface area (Å²) in [5.41, 5.74) is 1.84. The van der Waals surface area contributed by atoms with Crippen LogP contribution in [0.25, 0.3) is 0 Å². The molecule has 1 heterocycles. The zero-order chi connectivity index (χ0) is 17.9. The smallest absolute Gasteiger partial charge is 0.246 e. The summed E-state index contributed by atoms with van der Waals surface area (Å²) in [7, 11) is 0. The first-order valence-electron chi connectivity index (χ1n) is 7.06. The van der Waals surface area contributed by atoms with Crippen molar-refractivity contribution in [3.63, 3.8) is 0 Å². The minimum atomic E-state index is -0.473. The Bertz CT molecular complexity index is 770. The van der Waals surface area contributed by atoms with Crippen molar-refractivity contribution >= 4 is 35.8 Å². The molecule has 1 aromatic carbocycles. The fourth-order valence-electron chi connectivity index (χ4n) is 2.43. The van der Waals surface area contributed by atoms with Gasteiger partial charge in [-0.25, -0.2) is 0 Å². The topological polar surface area (TPSA) is 73.1 Å². The first-order valence-corrected chi connectivity index (χ1v) is 7.82. The molecule has 0 bridgehead atoms. The maximum atomic E-state index is 12.3. The van der Waals surface area contributed by atoms with Gasteiger partial charge in [-0.1, -0.05) is 35.9 Å². The predicted molar refractivity (Wildman–Crippen MR) is 95.9 cm³/mol. The Morgan fingerprint density at radius 2 is 1.79 bits per heavy atom. The molecule has 0 aromatic heterocycles. The Morgan fingerprint density at radius 1 is 1.17 bits per heavy atom. The second kappa shape index (κ2) is 7.55.